The fourth-order valence-corrected chi connectivity index (χ4v) is 3.66. The Labute approximate surface area is 142 Å². The lowest BCUT2D eigenvalue weighted by atomic mass is 9.87. The van der Waals surface area contributed by atoms with Gasteiger partial charge in [-0.25, -0.2) is 0 Å². The summed E-state index contributed by atoms with van der Waals surface area (Å²) < 4.78 is 11.2. The molecule has 1 aromatic heterocycles. The Morgan fingerprint density at radius 2 is 2.08 bits per heavy atom. The molecular weight excluding hydrogens is 306 g/mol. The van der Waals surface area contributed by atoms with E-state index in [2.05, 4.69) is 16.3 Å². The summed E-state index contributed by atoms with van der Waals surface area (Å²) in [6.45, 7) is 5.36. The smallest absolute Gasteiger partial charge is 0.240 e. The van der Waals surface area contributed by atoms with Gasteiger partial charge in [0.2, 0.25) is 5.91 Å². The zero-order chi connectivity index (χ0) is 17.0. The van der Waals surface area contributed by atoms with Crippen LogP contribution in [-0.4, -0.2) is 43.7 Å². The van der Waals surface area contributed by atoms with Crippen LogP contribution in [0.5, 0.6) is 0 Å². The van der Waals surface area contributed by atoms with E-state index in [0.717, 1.165) is 37.5 Å². The number of furan rings is 1. The van der Waals surface area contributed by atoms with Gasteiger partial charge in [-0.15, -0.1) is 0 Å². The summed E-state index contributed by atoms with van der Waals surface area (Å²) in [4.78, 5) is 14.9. The average Bonchev–Trinajstić information content (AvgIpc) is 3.26. The number of nitrogens with one attached hydrogen (secondary N) is 1. The number of nitriles is 1. The summed E-state index contributed by atoms with van der Waals surface area (Å²) in [6.07, 6.45) is 3.23. The van der Waals surface area contributed by atoms with E-state index in [9.17, 15) is 10.1 Å². The van der Waals surface area contributed by atoms with Gasteiger partial charge in [-0.05, 0) is 31.9 Å². The van der Waals surface area contributed by atoms with Crippen molar-refractivity contribution in [2.75, 3.05) is 32.8 Å². The third-order valence-electron chi connectivity index (χ3n) is 5.14. The van der Waals surface area contributed by atoms with Crippen LogP contribution in [0.1, 0.15) is 43.2 Å². The number of hydrogen-bond acceptors (Lipinski definition) is 5. The standard InChI is InChI=1S/C18H25N3O3/c1-14-4-5-16(24-14)15(21-8-10-23-11-9-21)12-20-17(22)18(13-19)6-2-3-7-18/h4-5,15H,2-3,6-12H2,1H3,(H,20,22). The van der Waals surface area contributed by atoms with Gasteiger partial charge >= 0.3 is 0 Å². The largest absolute Gasteiger partial charge is 0.465 e. The minimum Gasteiger partial charge on any atom is -0.465 e. The first-order valence-electron chi connectivity index (χ1n) is 8.72. The Hall–Kier alpha value is -1.84. The summed E-state index contributed by atoms with van der Waals surface area (Å²) in [5, 5.41) is 12.5. The van der Waals surface area contributed by atoms with E-state index in [1.54, 1.807) is 0 Å². The second-order valence-corrected chi connectivity index (χ2v) is 6.72. The Bertz CT molecular complexity index is 607. The van der Waals surface area contributed by atoms with E-state index in [1.807, 2.05) is 19.1 Å². The minimum absolute atomic E-state index is 0.0244. The lowest BCUT2D eigenvalue weighted by Crippen LogP contribution is -2.46. The SMILES string of the molecule is Cc1ccc(C(CNC(=O)C2(C#N)CCCC2)N2CCOCC2)o1. The molecule has 130 valence electrons. The number of ether oxygens (including phenoxy) is 1. The lowest BCUT2D eigenvalue weighted by molar-refractivity contribution is -0.128. The molecule has 6 heteroatoms. The molecule has 0 spiro atoms. The predicted octanol–water partition coefficient (Wildman–Crippen LogP) is 2.16. The fourth-order valence-electron chi connectivity index (χ4n) is 3.66. The number of aryl methyl sites for hydroxylation is 1. The number of morpholine rings is 1. The van der Waals surface area contributed by atoms with Crippen LogP contribution in [-0.2, 0) is 9.53 Å². The van der Waals surface area contributed by atoms with Crippen LogP contribution >= 0.6 is 0 Å². The van der Waals surface area contributed by atoms with Gasteiger partial charge in [0.1, 0.15) is 16.9 Å². The van der Waals surface area contributed by atoms with E-state index in [1.165, 1.54) is 0 Å². The number of carbonyl (C=O) groups excluding carboxylic acids is 1. The first-order valence-corrected chi connectivity index (χ1v) is 8.72. The fraction of sp³-hybridized carbons (Fsp3) is 0.667. The minimum atomic E-state index is -0.839. The van der Waals surface area contributed by atoms with Gasteiger partial charge in [0.25, 0.3) is 0 Å². The van der Waals surface area contributed by atoms with Crippen molar-refractivity contribution in [3.63, 3.8) is 0 Å². The molecule has 0 radical (unpaired) electrons. The molecule has 3 rings (SSSR count). The number of hydrogen-bond donors (Lipinski definition) is 1. The van der Waals surface area contributed by atoms with Gasteiger partial charge in [-0.3, -0.25) is 9.69 Å². The maximum atomic E-state index is 12.6. The van der Waals surface area contributed by atoms with Gasteiger partial charge in [-0.1, -0.05) is 12.8 Å². The zero-order valence-electron chi connectivity index (χ0n) is 14.2. The molecule has 1 aromatic rings. The van der Waals surface area contributed by atoms with Crippen molar-refractivity contribution >= 4 is 5.91 Å². The highest BCUT2D eigenvalue weighted by Crippen LogP contribution is 2.37. The van der Waals surface area contributed by atoms with Gasteiger partial charge in [0.05, 0.1) is 25.3 Å². The third kappa shape index (κ3) is 3.47. The number of rotatable bonds is 5. The summed E-state index contributed by atoms with van der Waals surface area (Å²) >= 11 is 0. The maximum Gasteiger partial charge on any atom is 0.240 e. The summed E-state index contributed by atoms with van der Waals surface area (Å²) in [6, 6.07) is 6.14. The molecule has 1 unspecified atom stereocenters. The van der Waals surface area contributed by atoms with E-state index in [4.69, 9.17) is 9.15 Å². The number of carbonyl (C=O) groups is 1. The Morgan fingerprint density at radius 1 is 1.38 bits per heavy atom. The molecule has 1 atom stereocenters. The molecule has 1 N–H and O–H groups in total. The lowest BCUT2D eigenvalue weighted by Gasteiger charge is -2.34. The molecule has 1 saturated carbocycles. The van der Waals surface area contributed by atoms with Crippen molar-refractivity contribution in [1.29, 1.82) is 5.26 Å². The highest BCUT2D eigenvalue weighted by molar-refractivity contribution is 5.85. The monoisotopic (exact) mass is 331 g/mol. The van der Waals surface area contributed by atoms with Crippen molar-refractivity contribution in [1.82, 2.24) is 10.2 Å². The highest BCUT2D eigenvalue weighted by Gasteiger charge is 2.41. The summed E-state index contributed by atoms with van der Waals surface area (Å²) in [5.41, 5.74) is -0.839. The van der Waals surface area contributed by atoms with Crippen LogP contribution in [0, 0.1) is 23.7 Å². The molecular formula is C18H25N3O3. The average molecular weight is 331 g/mol. The van der Waals surface area contributed by atoms with Crippen LogP contribution in [0.25, 0.3) is 0 Å². The molecule has 0 aromatic carbocycles. The predicted molar refractivity (Wildman–Crippen MR) is 88.1 cm³/mol. The van der Waals surface area contributed by atoms with E-state index >= 15 is 0 Å². The summed E-state index contributed by atoms with van der Waals surface area (Å²) in [5.74, 6) is 1.58. The molecule has 2 heterocycles. The first-order chi connectivity index (χ1) is 11.6. The molecule has 1 saturated heterocycles. The van der Waals surface area contributed by atoms with Gasteiger partial charge in [-0.2, -0.15) is 5.26 Å². The molecule has 1 amide bonds. The summed E-state index contributed by atoms with van der Waals surface area (Å²) in [7, 11) is 0. The second-order valence-electron chi connectivity index (χ2n) is 6.72. The maximum absolute atomic E-state index is 12.6. The van der Waals surface area contributed by atoms with Crippen molar-refractivity contribution in [2.45, 2.75) is 38.6 Å². The number of amides is 1. The van der Waals surface area contributed by atoms with Gasteiger partial charge < -0.3 is 14.5 Å². The van der Waals surface area contributed by atoms with Gasteiger partial charge in [0.15, 0.2) is 0 Å². The van der Waals surface area contributed by atoms with E-state index in [0.29, 0.717) is 32.6 Å². The molecule has 24 heavy (non-hydrogen) atoms. The second kappa shape index (κ2) is 7.37. The van der Waals surface area contributed by atoms with Crippen LogP contribution < -0.4 is 5.32 Å². The molecule has 2 fully saturated rings. The normalized spacial score (nSPS) is 22.0. The first kappa shape index (κ1) is 17.0. The van der Waals surface area contributed by atoms with Crippen LogP contribution in [0.15, 0.2) is 16.5 Å². The topological polar surface area (TPSA) is 78.5 Å². The molecule has 0 bridgehead atoms. The molecule has 6 nitrogen and oxygen atoms in total. The van der Waals surface area contributed by atoms with Crippen LogP contribution in [0.3, 0.4) is 0 Å². The molecule has 2 aliphatic rings. The van der Waals surface area contributed by atoms with Crippen LogP contribution in [0.2, 0.25) is 0 Å². The van der Waals surface area contributed by atoms with E-state index in [-0.39, 0.29) is 11.9 Å². The Balaban J connectivity index is 1.70. The quantitative estimate of drug-likeness (QED) is 0.894. The zero-order valence-corrected chi connectivity index (χ0v) is 14.2. The van der Waals surface area contributed by atoms with Crippen molar-refractivity contribution < 1.29 is 13.9 Å². The number of nitrogens with zero attached hydrogens (tertiary/aromatic N) is 2. The third-order valence-corrected chi connectivity index (χ3v) is 5.14. The van der Waals surface area contributed by atoms with Crippen molar-refractivity contribution in [3.05, 3.63) is 23.7 Å². The Morgan fingerprint density at radius 3 is 2.67 bits per heavy atom. The molecule has 1 aliphatic heterocycles. The van der Waals surface area contributed by atoms with Crippen LogP contribution in [0.4, 0.5) is 0 Å². The van der Waals surface area contributed by atoms with Crippen molar-refractivity contribution in [3.8, 4) is 6.07 Å². The highest BCUT2D eigenvalue weighted by atomic mass is 16.5. The molecule has 1 aliphatic carbocycles. The van der Waals surface area contributed by atoms with Crippen molar-refractivity contribution in [2.24, 2.45) is 5.41 Å². The van der Waals surface area contributed by atoms with E-state index < -0.39 is 5.41 Å². The Kier molecular flexibility index (Phi) is 5.22. The van der Waals surface area contributed by atoms with Gasteiger partial charge in [0, 0.05) is 19.6 Å².